The molecule has 4 aromatic carbocycles. The van der Waals surface area contributed by atoms with Gasteiger partial charge in [-0.05, 0) is 29.2 Å². The van der Waals surface area contributed by atoms with Crippen LogP contribution < -0.4 is 0 Å². The van der Waals surface area contributed by atoms with Gasteiger partial charge in [-0.25, -0.2) is 4.98 Å². The first-order valence-corrected chi connectivity index (χ1v) is 10.4. The molecule has 0 saturated carbocycles. The van der Waals surface area contributed by atoms with Crippen LogP contribution >= 0.6 is 0 Å². The maximum absolute atomic E-state index is 4.84. The summed E-state index contributed by atoms with van der Waals surface area (Å²) in [7, 11) is 0. The SMILES string of the molecule is Cc1cnc(-c2ccc(-c3ccccc3)cc2)c(-c2ccc(-c3ccccc3)cc2)n1. The Bertz CT molecular complexity index is 1290. The highest BCUT2D eigenvalue weighted by atomic mass is 14.8. The third-order valence-corrected chi connectivity index (χ3v) is 5.42. The summed E-state index contributed by atoms with van der Waals surface area (Å²) in [5, 5.41) is 0. The Kier molecular flexibility index (Phi) is 5.12. The first kappa shape index (κ1) is 19.0. The summed E-state index contributed by atoms with van der Waals surface area (Å²) in [6.45, 7) is 1.98. The van der Waals surface area contributed by atoms with Crippen molar-refractivity contribution in [3.8, 4) is 44.8 Å². The Labute approximate surface area is 182 Å². The van der Waals surface area contributed by atoms with E-state index in [4.69, 9.17) is 9.97 Å². The van der Waals surface area contributed by atoms with Crippen molar-refractivity contribution in [2.75, 3.05) is 0 Å². The lowest BCUT2D eigenvalue weighted by Gasteiger charge is -2.11. The van der Waals surface area contributed by atoms with Gasteiger partial charge in [-0.15, -0.1) is 0 Å². The molecule has 0 bridgehead atoms. The van der Waals surface area contributed by atoms with Crippen LogP contribution in [0.3, 0.4) is 0 Å². The Morgan fingerprint density at radius 2 is 0.806 bits per heavy atom. The fraction of sp³-hybridized carbons (Fsp3) is 0.0345. The molecule has 0 amide bonds. The third kappa shape index (κ3) is 4.01. The van der Waals surface area contributed by atoms with Gasteiger partial charge in [0.25, 0.3) is 0 Å². The van der Waals surface area contributed by atoms with Crippen LogP contribution in [0, 0.1) is 6.92 Å². The van der Waals surface area contributed by atoms with Gasteiger partial charge in [0, 0.05) is 17.3 Å². The van der Waals surface area contributed by atoms with E-state index in [9.17, 15) is 0 Å². The highest BCUT2D eigenvalue weighted by molar-refractivity contribution is 5.80. The number of rotatable bonds is 4. The van der Waals surface area contributed by atoms with Crippen LogP contribution in [0.2, 0.25) is 0 Å². The van der Waals surface area contributed by atoms with Crippen LogP contribution in [0.25, 0.3) is 44.8 Å². The van der Waals surface area contributed by atoms with E-state index in [0.29, 0.717) is 0 Å². The van der Waals surface area contributed by atoms with Gasteiger partial charge in [0.05, 0.1) is 17.1 Å². The molecule has 0 saturated heterocycles. The lowest BCUT2D eigenvalue weighted by molar-refractivity contribution is 1.13. The molecule has 31 heavy (non-hydrogen) atoms. The molecule has 5 rings (SSSR count). The zero-order chi connectivity index (χ0) is 21.0. The van der Waals surface area contributed by atoms with Crippen molar-refractivity contribution in [3.63, 3.8) is 0 Å². The number of aryl methyl sites for hydroxylation is 1. The number of benzene rings is 4. The molecule has 0 aliphatic rings. The minimum atomic E-state index is 0.901. The topological polar surface area (TPSA) is 25.8 Å². The molecule has 0 radical (unpaired) electrons. The maximum atomic E-state index is 4.84. The van der Waals surface area contributed by atoms with Crippen LogP contribution in [-0.2, 0) is 0 Å². The Morgan fingerprint density at radius 3 is 1.29 bits per heavy atom. The predicted octanol–water partition coefficient (Wildman–Crippen LogP) is 7.45. The van der Waals surface area contributed by atoms with Crippen LogP contribution in [0.4, 0.5) is 0 Å². The lowest BCUT2D eigenvalue weighted by atomic mass is 9.98. The molecule has 0 unspecified atom stereocenters. The van der Waals surface area contributed by atoms with Gasteiger partial charge in [0.2, 0.25) is 0 Å². The molecule has 0 atom stereocenters. The van der Waals surface area contributed by atoms with Gasteiger partial charge in [0.1, 0.15) is 0 Å². The Balaban J connectivity index is 1.52. The molecule has 2 heteroatoms. The molecule has 5 aromatic rings. The molecule has 0 aliphatic heterocycles. The summed E-state index contributed by atoms with van der Waals surface area (Å²) in [6, 6.07) is 37.9. The monoisotopic (exact) mass is 398 g/mol. The minimum absolute atomic E-state index is 0.901. The normalized spacial score (nSPS) is 10.7. The second kappa shape index (κ2) is 8.37. The van der Waals surface area contributed by atoms with Gasteiger partial charge in [-0.3, -0.25) is 4.98 Å². The molecular formula is C29H22N2. The van der Waals surface area contributed by atoms with E-state index < -0.39 is 0 Å². The summed E-state index contributed by atoms with van der Waals surface area (Å²) in [4.78, 5) is 9.59. The number of hydrogen-bond acceptors (Lipinski definition) is 2. The molecular weight excluding hydrogens is 376 g/mol. The standard InChI is InChI=1S/C29H22N2/c1-21-20-30-28(26-16-12-24(13-17-26)22-8-4-2-5-9-22)29(31-21)27-18-14-25(15-19-27)23-10-6-3-7-11-23/h2-20H,1H3. The summed E-state index contributed by atoms with van der Waals surface area (Å²) in [5.41, 5.74) is 9.66. The van der Waals surface area contributed by atoms with Gasteiger partial charge in [-0.1, -0.05) is 109 Å². The molecule has 0 spiro atoms. The van der Waals surface area contributed by atoms with Crippen molar-refractivity contribution in [3.05, 3.63) is 121 Å². The zero-order valence-corrected chi connectivity index (χ0v) is 17.4. The highest BCUT2D eigenvalue weighted by Crippen LogP contribution is 2.32. The van der Waals surface area contributed by atoms with Gasteiger partial charge < -0.3 is 0 Å². The average molecular weight is 399 g/mol. The third-order valence-electron chi connectivity index (χ3n) is 5.42. The fourth-order valence-electron chi connectivity index (χ4n) is 3.79. The second-order valence-electron chi connectivity index (χ2n) is 7.60. The van der Waals surface area contributed by atoms with Crippen molar-refractivity contribution < 1.29 is 0 Å². The molecule has 1 heterocycles. The van der Waals surface area contributed by atoms with E-state index in [1.807, 2.05) is 25.3 Å². The summed E-state index contributed by atoms with van der Waals surface area (Å²) < 4.78 is 0. The van der Waals surface area contributed by atoms with E-state index >= 15 is 0 Å². The van der Waals surface area contributed by atoms with E-state index in [2.05, 4.69) is 97.1 Å². The van der Waals surface area contributed by atoms with Crippen molar-refractivity contribution in [1.29, 1.82) is 0 Å². The Hall–Kier alpha value is -4.04. The Morgan fingerprint density at radius 1 is 0.419 bits per heavy atom. The first-order valence-electron chi connectivity index (χ1n) is 10.4. The van der Waals surface area contributed by atoms with Gasteiger partial charge in [0.15, 0.2) is 0 Å². The van der Waals surface area contributed by atoms with E-state index in [1.54, 1.807) is 0 Å². The van der Waals surface area contributed by atoms with Crippen molar-refractivity contribution >= 4 is 0 Å². The fourth-order valence-corrected chi connectivity index (χ4v) is 3.79. The predicted molar refractivity (Wildman–Crippen MR) is 129 cm³/mol. The molecule has 148 valence electrons. The smallest absolute Gasteiger partial charge is 0.0968 e. The summed E-state index contributed by atoms with van der Waals surface area (Å²) in [6.07, 6.45) is 1.84. The quantitative estimate of drug-likeness (QED) is 0.314. The van der Waals surface area contributed by atoms with Crippen LogP contribution in [-0.4, -0.2) is 9.97 Å². The van der Waals surface area contributed by atoms with Crippen LogP contribution in [0.1, 0.15) is 5.69 Å². The first-order chi connectivity index (χ1) is 15.3. The van der Waals surface area contributed by atoms with Crippen molar-refractivity contribution in [2.45, 2.75) is 6.92 Å². The molecule has 2 nitrogen and oxygen atoms in total. The molecule has 0 fully saturated rings. The molecule has 0 N–H and O–H groups in total. The maximum Gasteiger partial charge on any atom is 0.0968 e. The van der Waals surface area contributed by atoms with Gasteiger partial charge >= 0.3 is 0 Å². The number of hydrogen-bond donors (Lipinski definition) is 0. The highest BCUT2D eigenvalue weighted by Gasteiger charge is 2.12. The van der Waals surface area contributed by atoms with E-state index in [0.717, 1.165) is 28.2 Å². The van der Waals surface area contributed by atoms with Gasteiger partial charge in [-0.2, -0.15) is 0 Å². The molecule has 1 aromatic heterocycles. The van der Waals surface area contributed by atoms with Crippen molar-refractivity contribution in [1.82, 2.24) is 9.97 Å². The lowest BCUT2D eigenvalue weighted by Crippen LogP contribution is -1.95. The summed E-state index contributed by atoms with van der Waals surface area (Å²) in [5.74, 6) is 0. The minimum Gasteiger partial charge on any atom is -0.252 e. The average Bonchev–Trinajstić information content (AvgIpc) is 2.85. The second-order valence-corrected chi connectivity index (χ2v) is 7.60. The van der Waals surface area contributed by atoms with E-state index in [-0.39, 0.29) is 0 Å². The van der Waals surface area contributed by atoms with Crippen molar-refractivity contribution in [2.24, 2.45) is 0 Å². The molecule has 0 aliphatic carbocycles. The largest absolute Gasteiger partial charge is 0.252 e. The van der Waals surface area contributed by atoms with E-state index in [1.165, 1.54) is 22.3 Å². The van der Waals surface area contributed by atoms with Crippen LogP contribution in [0.15, 0.2) is 115 Å². The summed E-state index contributed by atoms with van der Waals surface area (Å²) >= 11 is 0. The number of aromatic nitrogens is 2. The van der Waals surface area contributed by atoms with Crippen LogP contribution in [0.5, 0.6) is 0 Å². The zero-order valence-electron chi connectivity index (χ0n) is 17.4. The number of nitrogens with zero attached hydrogens (tertiary/aromatic N) is 2.